The number of anilines is 1. The topological polar surface area (TPSA) is 46.6 Å². The average Bonchev–Trinajstić information content (AvgIpc) is 3.37. The summed E-state index contributed by atoms with van der Waals surface area (Å²) in [6.45, 7) is 2.15. The number of benzene rings is 1. The zero-order valence-corrected chi connectivity index (χ0v) is 15.4. The van der Waals surface area contributed by atoms with E-state index in [2.05, 4.69) is 19.1 Å². The lowest BCUT2D eigenvalue weighted by Crippen LogP contribution is -2.39. The number of imide groups is 1. The van der Waals surface area contributed by atoms with Gasteiger partial charge in [-0.2, -0.15) is 0 Å². The number of amides is 2. The van der Waals surface area contributed by atoms with E-state index in [0.717, 1.165) is 0 Å². The van der Waals surface area contributed by atoms with Gasteiger partial charge in [-0.3, -0.25) is 14.5 Å². The van der Waals surface area contributed by atoms with Crippen LogP contribution >= 0.6 is 0 Å². The third-order valence-electron chi connectivity index (χ3n) is 6.34. The Labute approximate surface area is 154 Å². The van der Waals surface area contributed by atoms with Crippen molar-refractivity contribution in [1.82, 2.24) is 0 Å². The summed E-state index contributed by atoms with van der Waals surface area (Å²) in [6.07, 6.45) is 9.97. The van der Waals surface area contributed by atoms with Crippen LogP contribution in [0.3, 0.4) is 0 Å². The van der Waals surface area contributed by atoms with Gasteiger partial charge in [0.05, 0.1) is 18.7 Å². The zero-order chi connectivity index (χ0) is 18.3. The Morgan fingerprint density at radius 1 is 1.19 bits per heavy atom. The molecule has 2 amide bonds. The van der Waals surface area contributed by atoms with E-state index < -0.39 is 0 Å². The van der Waals surface area contributed by atoms with Crippen LogP contribution in [0.4, 0.5) is 5.69 Å². The van der Waals surface area contributed by atoms with Gasteiger partial charge < -0.3 is 4.74 Å². The van der Waals surface area contributed by atoms with Gasteiger partial charge in [0, 0.05) is 17.9 Å². The van der Waals surface area contributed by atoms with Crippen molar-refractivity contribution in [3.05, 3.63) is 47.6 Å². The minimum absolute atomic E-state index is 0.103. The molecule has 2 fully saturated rings. The molecule has 4 nitrogen and oxygen atoms in total. The molecule has 3 aliphatic rings. The highest BCUT2D eigenvalue weighted by Crippen LogP contribution is 2.55. The van der Waals surface area contributed by atoms with Crippen LogP contribution < -0.4 is 9.64 Å². The Kier molecular flexibility index (Phi) is 4.43. The first kappa shape index (κ1) is 17.1. The van der Waals surface area contributed by atoms with Crippen molar-refractivity contribution in [3.8, 4) is 5.75 Å². The van der Waals surface area contributed by atoms with E-state index in [-0.39, 0.29) is 23.7 Å². The van der Waals surface area contributed by atoms with Gasteiger partial charge in [0.2, 0.25) is 12.3 Å². The molecule has 3 aliphatic carbocycles. The van der Waals surface area contributed by atoms with Gasteiger partial charge in [0.1, 0.15) is 5.75 Å². The maximum atomic E-state index is 13.3. The van der Waals surface area contributed by atoms with Crippen molar-refractivity contribution in [2.45, 2.75) is 32.6 Å². The van der Waals surface area contributed by atoms with Gasteiger partial charge in [-0.05, 0) is 43.7 Å². The summed E-state index contributed by atoms with van der Waals surface area (Å²) in [5, 5.41) is 0. The molecule has 2 bridgehead atoms. The molecule has 0 unspecified atom stereocenters. The maximum Gasteiger partial charge on any atom is 0.237 e. The van der Waals surface area contributed by atoms with E-state index in [1.807, 2.05) is 6.07 Å². The van der Waals surface area contributed by atoms with Crippen molar-refractivity contribution in [3.63, 3.8) is 0 Å². The molecule has 1 aromatic rings. The Hall–Kier alpha value is -2.36. The normalized spacial score (nSPS) is 29.3. The summed E-state index contributed by atoms with van der Waals surface area (Å²) in [4.78, 5) is 26.4. The van der Waals surface area contributed by atoms with Crippen LogP contribution in [-0.2, 0) is 9.59 Å². The summed E-state index contributed by atoms with van der Waals surface area (Å²) >= 11 is 0. The number of hydrogen-bond acceptors (Lipinski definition) is 3. The van der Waals surface area contributed by atoms with E-state index in [0.29, 0.717) is 23.8 Å². The number of carbonyl (C=O) groups excluding carboxylic acids is 2. The predicted molar refractivity (Wildman–Crippen MR) is 101 cm³/mol. The van der Waals surface area contributed by atoms with Gasteiger partial charge >= 0.3 is 0 Å². The first-order valence-electron chi connectivity index (χ1n) is 9.48. The number of allylic oxidation sites excluding steroid dienone is 4. The molecular weight excluding hydrogens is 326 g/mol. The Bertz CT molecular complexity index is 786. The van der Waals surface area contributed by atoms with E-state index in [1.165, 1.54) is 36.2 Å². The lowest BCUT2D eigenvalue weighted by molar-refractivity contribution is -0.126. The standard InChI is InChI=1S/C22H25NO3/c1-14-18-10-11-19(21(18)15-6-3-4-7-15)20(14)22(25)23(13-24)16-8-5-9-17(12-16)26-2/h5,8-14,18-20H,3-4,6-7H2,1-2H3/t14-,18-,19+,20+/m0/s1. The highest BCUT2D eigenvalue weighted by atomic mass is 16.5. The third-order valence-corrected chi connectivity index (χ3v) is 6.34. The fourth-order valence-electron chi connectivity index (χ4n) is 5.09. The number of ether oxygens (including phenoxy) is 1. The summed E-state index contributed by atoms with van der Waals surface area (Å²) in [6, 6.07) is 7.12. The van der Waals surface area contributed by atoms with E-state index >= 15 is 0 Å². The highest BCUT2D eigenvalue weighted by molar-refractivity contribution is 6.08. The summed E-state index contributed by atoms with van der Waals surface area (Å²) < 4.78 is 5.24. The molecule has 4 rings (SSSR count). The molecule has 2 saturated carbocycles. The quantitative estimate of drug-likeness (QED) is 0.605. The Morgan fingerprint density at radius 3 is 2.62 bits per heavy atom. The molecule has 0 radical (unpaired) electrons. The minimum Gasteiger partial charge on any atom is -0.497 e. The molecule has 136 valence electrons. The number of nitrogens with zero attached hydrogens (tertiary/aromatic N) is 1. The van der Waals surface area contributed by atoms with Crippen LogP contribution in [-0.4, -0.2) is 19.4 Å². The molecule has 0 N–H and O–H groups in total. The van der Waals surface area contributed by atoms with Gasteiger partial charge in [-0.15, -0.1) is 0 Å². The van der Waals surface area contributed by atoms with Crippen LogP contribution in [0.1, 0.15) is 32.6 Å². The smallest absolute Gasteiger partial charge is 0.237 e. The van der Waals surface area contributed by atoms with Gasteiger partial charge in [0.25, 0.3) is 0 Å². The predicted octanol–water partition coefficient (Wildman–Crippen LogP) is 4.12. The van der Waals surface area contributed by atoms with Crippen molar-refractivity contribution in [2.75, 3.05) is 12.0 Å². The first-order valence-corrected chi connectivity index (χ1v) is 9.48. The second kappa shape index (κ2) is 6.75. The van der Waals surface area contributed by atoms with Crippen LogP contribution in [0.5, 0.6) is 5.75 Å². The third kappa shape index (κ3) is 2.59. The molecule has 26 heavy (non-hydrogen) atoms. The number of fused-ring (bicyclic) bond motifs is 2. The van der Waals surface area contributed by atoms with Crippen molar-refractivity contribution in [1.29, 1.82) is 0 Å². The van der Waals surface area contributed by atoms with Crippen LogP contribution in [0.25, 0.3) is 0 Å². The average molecular weight is 351 g/mol. The fourth-order valence-corrected chi connectivity index (χ4v) is 5.09. The lowest BCUT2D eigenvalue weighted by atomic mass is 9.83. The largest absolute Gasteiger partial charge is 0.497 e. The number of methoxy groups -OCH3 is 1. The van der Waals surface area contributed by atoms with Crippen LogP contribution in [0.2, 0.25) is 0 Å². The minimum atomic E-state index is -0.162. The molecule has 0 saturated heterocycles. The monoisotopic (exact) mass is 351 g/mol. The van der Waals surface area contributed by atoms with E-state index in [1.54, 1.807) is 30.9 Å². The summed E-state index contributed by atoms with van der Waals surface area (Å²) in [5.74, 6) is 1.12. The van der Waals surface area contributed by atoms with Crippen molar-refractivity contribution in [2.24, 2.45) is 23.7 Å². The van der Waals surface area contributed by atoms with E-state index in [4.69, 9.17) is 4.74 Å². The first-order chi connectivity index (χ1) is 12.7. The summed E-state index contributed by atoms with van der Waals surface area (Å²) in [7, 11) is 1.58. The number of rotatable bonds is 4. The van der Waals surface area contributed by atoms with Crippen molar-refractivity contribution >= 4 is 18.0 Å². The van der Waals surface area contributed by atoms with Crippen LogP contribution in [0, 0.1) is 23.7 Å². The summed E-state index contributed by atoms with van der Waals surface area (Å²) in [5.41, 5.74) is 3.61. The number of carbonyl (C=O) groups is 2. The SMILES string of the molecule is COc1cccc(N(C=O)C(=O)[C@@H]2[C@@H](C)[C@@H]3C=C[C@H]2C3=C2CCCC2)c1. The van der Waals surface area contributed by atoms with E-state index in [9.17, 15) is 9.59 Å². The zero-order valence-electron chi connectivity index (χ0n) is 15.4. The van der Waals surface area contributed by atoms with Gasteiger partial charge in [-0.1, -0.05) is 36.3 Å². The molecular formula is C22H25NO3. The molecule has 4 atom stereocenters. The molecule has 0 heterocycles. The highest BCUT2D eigenvalue weighted by Gasteiger charge is 2.51. The molecule has 0 aromatic heterocycles. The Morgan fingerprint density at radius 2 is 1.92 bits per heavy atom. The van der Waals surface area contributed by atoms with Crippen LogP contribution in [0.15, 0.2) is 47.6 Å². The Balaban J connectivity index is 1.66. The second-order valence-corrected chi connectivity index (χ2v) is 7.60. The maximum absolute atomic E-state index is 13.3. The number of hydrogen-bond donors (Lipinski definition) is 0. The molecule has 1 aromatic carbocycles. The van der Waals surface area contributed by atoms with Crippen molar-refractivity contribution < 1.29 is 14.3 Å². The lowest BCUT2D eigenvalue weighted by Gasteiger charge is -2.27. The molecule has 4 heteroatoms. The second-order valence-electron chi connectivity index (χ2n) is 7.60. The molecule has 0 spiro atoms. The molecule has 0 aliphatic heterocycles. The van der Waals surface area contributed by atoms with Gasteiger partial charge in [-0.25, -0.2) is 0 Å². The fraction of sp³-hybridized carbons (Fsp3) is 0.455. The van der Waals surface area contributed by atoms with Gasteiger partial charge in [0.15, 0.2) is 0 Å².